The van der Waals surface area contributed by atoms with Crippen molar-refractivity contribution in [3.05, 3.63) is 65.2 Å². The fourth-order valence-corrected chi connectivity index (χ4v) is 2.91. The number of hydrogen-bond acceptors (Lipinski definition) is 4. The van der Waals surface area contributed by atoms with E-state index in [2.05, 4.69) is 34.0 Å². The van der Waals surface area contributed by atoms with E-state index in [1.165, 1.54) is 6.34 Å². The van der Waals surface area contributed by atoms with E-state index in [1.807, 2.05) is 31.2 Å². The van der Waals surface area contributed by atoms with E-state index < -0.39 is 6.10 Å². The molecule has 1 saturated heterocycles. The first-order valence-corrected chi connectivity index (χ1v) is 9.71. The first-order chi connectivity index (χ1) is 14.5. The van der Waals surface area contributed by atoms with Crippen LogP contribution in [0.15, 0.2) is 53.5 Å². The van der Waals surface area contributed by atoms with Crippen LogP contribution in [0.5, 0.6) is 0 Å². The number of amides is 1. The second-order valence-electron chi connectivity index (χ2n) is 7.08. The summed E-state index contributed by atoms with van der Waals surface area (Å²) in [4.78, 5) is 17.8. The summed E-state index contributed by atoms with van der Waals surface area (Å²) in [5.74, 6) is 11.6. The van der Waals surface area contributed by atoms with Gasteiger partial charge in [0.15, 0.2) is 0 Å². The van der Waals surface area contributed by atoms with Gasteiger partial charge in [0.05, 0.1) is 19.0 Å². The number of aliphatic imine (C=N–C) groups is 1. The Bertz CT molecular complexity index is 1020. The summed E-state index contributed by atoms with van der Waals surface area (Å²) in [5, 5.41) is 12.6. The van der Waals surface area contributed by atoms with Crippen LogP contribution in [0, 0.1) is 23.7 Å². The molecule has 0 spiro atoms. The number of carbonyl (C=O) groups excluding carboxylic acids is 1. The average Bonchev–Trinajstić information content (AvgIpc) is 2.74. The van der Waals surface area contributed by atoms with Gasteiger partial charge >= 0.3 is 0 Å². The highest BCUT2D eigenvalue weighted by molar-refractivity contribution is 5.94. The van der Waals surface area contributed by atoms with Gasteiger partial charge in [0.25, 0.3) is 5.91 Å². The van der Waals surface area contributed by atoms with Crippen LogP contribution in [0.2, 0.25) is 0 Å². The number of benzene rings is 2. The van der Waals surface area contributed by atoms with Gasteiger partial charge in [-0.2, -0.15) is 0 Å². The Morgan fingerprint density at radius 2 is 1.73 bits per heavy atom. The average molecular weight is 400 g/mol. The van der Waals surface area contributed by atoms with Gasteiger partial charge in [-0.3, -0.25) is 9.79 Å². The summed E-state index contributed by atoms with van der Waals surface area (Å²) in [6.07, 6.45) is 0.912. The van der Waals surface area contributed by atoms with Crippen molar-refractivity contribution >= 4 is 17.9 Å². The second kappa shape index (κ2) is 10.2. The maximum Gasteiger partial charge on any atom is 0.254 e. The molecule has 3 rings (SSSR count). The molecule has 1 heterocycles. The predicted molar refractivity (Wildman–Crippen MR) is 119 cm³/mol. The van der Waals surface area contributed by atoms with E-state index in [0.717, 1.165) is 16.8 Å². The molecule has 0 bridgehead atoms. The molecule has 0 saturated carbocycles. The van der Waals surface area contributed by atoms with Crippen molar-refractivity contribution in [3.63, 3.8) is 0 Å². The summed E-state index contributed by atoms with van der Waals surface area (Å²) >= 11 is 0. The lowest BCUT2D eigenvalue weighted by molar-refractivity contribution is 0.00589. The molecule has 4 N–H and O–H groups in total. The molecule has 2 aromatic carbocycles. The molecule has 6 heteroatoms. The highest BCUT2D eigenvalue weighted by Gasteiger charge is 2.29. The van der Waals surface area contributed by atoms with Crippen LogP contribution in [0.25, 0.3) is 0 Å². The van der Waals surface area contributed by atoms with Crippen LogP contribution < -0.4 is 11.1 Å². The standard InChI is InChI=1S/C24H24N4O2/c1-18(14-26-17-25)27-22-12-8-20(9-13-22)5-3-2-4-19-6-10-21(11-7-19)24(30)28-15-23(29)16-28/h6-13,17-18,23,27,29H,14-16H2,1H3,(H2,25,26). The number of nitrogens with one attached hydrogen (secondary N) is 1. The molecule has 0 radical (unpaired) electrons. The maximum atomic E-state index is 12.2. The summed E-state index contributed by atoms with van der Waals surface area (Å²) in [5.41, 5.74) is 8.51. The van der Waals surface area contributed by atoms with Gasteiger partial charge in [-0.1, -0.05) is 11.8 Å². The zero-order chi connectivity index (χ0) is 21.3. The lowest BCUT2D eigenvalue weighted by Crippen LogP contribution is -2.53. The number of aliphatic hydroxyl groups is 1. The van der Waals surface area contributed by atoms with Gasteiger partial charge in [-0.05, 0) is 67.3 Å². The molecule has 0 aromatic heterocycles. The Kier molecular flexibility index (Phi) is 7.10. The Hall–Kier alpha value is -3.74. The molecule has 1 unspecified atom stereocenters. The van der Waals surface area contributed by atoms with E-state index in [1.54, 1.807) is 29.2 Å². The van der Waals surface area contributed by atoms with Crippen LogP contribution >= 0.6 is 0 Å². The van der Waals surface area contributed by atoms with Gasteiger partial charge in [-0.25, -0.2) is 0 Å². The third-order valence-electron chi connectivity index (χ3n) is 4.54. The molecule has 6 nitrogen and oxygen atoms in total. The molecule has 1 atom stereocenters. The Balaban J connectivity index is 1.54. The van der Waals surface area contributed by atoms with E-state index in [4.69, 9.17) is 5.73 Å². The number of nitrogens with two attached hydrogens (primary N) is 1. The lowest BCUT2D eigenvalue weighted by atomic mass is 10.1. The van der Waals surface area contributed by atoms with Gasteiger partial charge in [0, 0.05) is 41.5 Å². The van der Waals surface area contributed by atoms with Crippen molar-refractivity contribution in [2.45, 2.75) is 19.1 Å². The Morgan fingerprint density at radius 1 is 1.17 bits per heavy atom. The fourth-order valence-electron chi connectivity index (χ4n) is 2.91. The molecular formula is C24H24N4O2. The number of anilines is 1. The van der Waals surface area contributed by atoms with Crippen molar-refractivity contribution in [1.82, 2.24) is 4.90 Å². The molecule has 0 aliphatic carbocycles. The lowest BCUT2D eigenvalue weighted by Gasteiger charge is -2.35. The molecule has 30 heavy (non-hydrogen) atoms. The third-order valence-corrected chi connectivity index (χ3v) is 4.54. The van der Waals surface area contributed by atoms with Crippen molar-refractivity contribution < 1.29 is 9.90 Å². The largest absolute Gasteiger partial charge is 0.390 e. The fraction of sp³-hybridized carbons (Fsp3) is 0.250. The minimum absolute atomic E-state index is 0.0703. The number of hydrogen-bond donors (Lipinski definition) is 3. The molecule has 1 aliphatic rings. The summed E-state index contributed by atoms with van der Waals surface area (Å²) < 4.78 is 0. The topological polar surface area (TPSA) is 90.9 Å². The summed E-state index contributed by atoms with van der Waals surface area (Å²) in [6, 6.07) is 15.1. The van der Waals surface area contributed by atoms with Gasteiger partial charge in [0.2, 0.25) is 0 Å². The van der Waals surface area contributed by atoms with Crippen LogP contribution in [-0.2, 0) is 0 Å². The first kappa shape index (κ1) is 21.0. The zero-order valence-electron chi connectivity index (χ0n) is 16.8. The van der Waals surface area contributed by atoms with Crippen molar-refractivity contribution in [2.75, 3.05) is 25.0 Å². The SMILES string of the molecule is CC(C/N=C\N)Nc1ccc(C#CC#Cc2ccc(C(=O)N3CC(O)C3)cc2)cc1. The maximum absolute atomic E-state index is 12.2. The normalized spacial score (nSPS) is 14.1. The number of β-amino-alcohol motifs (C(OH)–C–C–N with tert-alkyl or cyclic N) is 1. The van der Waals surface area contributed by atoms with Crippen LogP contribution in [0.4, 0.5) is 5.69 Å². The van der Waals surface area contributed by atoms with Crippen molar-refractivity contribution in [2.24, 2.45) is 10.7 Å². The number of likely N-dealkylation sites (tertiary alicyclic amines) is 1. The van der Waals surface area contributed by atoms with Crippen LogP contribution in [0.1, 0.15) is 28.4 Å². The Labute approximate surface area is 176 Å². The summed E-state index contributed by atoms with van der Waals surface area (Å²) in [6.45, 7) is 3.45. The van der Waals surface area contributed by atoms with Gasteiger partial charge in [-0.15, -0.1) is 0 Å². The quantitative estimate of drug-likeness (QED) is 0.405. The van der Waals surface area contributed by atoms with E-state index >= 15 is 0 Å². The first-order valence-electron chi connectivity index (χ1n) is 9.71. The van der Waals surface area contributed by atoms with Gasteiger partial charge in [0.1, 0.15) is 0 Å². The predicted octanol–water partition coefficient (Wildman–Crippen LogP) is 1.69. The zero-order valence-corrected chi connectivity index (χ0v) is 16.8. The molecule has 2 aromatic rings. The number of carbonyl (C=O) groups is 1. The van der Waals surface area contributed by atoms with E-state index in [0.29, 0.717) is 25.2 Å². The van der Waals surface area contributed by atoms with Crippen molar-refractivity contribution in [1.29, 1.82) is 0 Å². The number of rotatable bonds is 5. The van der Waals surface area contributed by atoms with Gasteiger partial charge < -0.3 is 21.1 Å². The molecule has 152 valence electrons. The monoisotopic (exact) mass is 400 g/mol. The van der Waals surface area contributed by atoms with Crippen LogP contribution in [0.3, 0.4) is 0 Å². The van der Waals surface area contributed by atoms with Crippen molar-refractivity contribution in [3.8, 4) is 23.7 Å². The highest BCUT2D eigenvalue weighted by Crippen LogP contribution is 2.14. The second-order valence-corrected chi connectivity index (χ2v) is 7.08. The number of aliphatic hydroxyl groups excluding tert-OH is 1. The minimum Gasteiger partial charge on any atom is -0.390 e. The smallest absolute Gasteiger partial charge is 0.254 e. The van der Waals surface area contributed by atoms with Crippen LogP contribution in [-0.4, -0.2) is 54.0 Å². The van der Waals surface area contributed by atoms with E-state index in [9.17, 15) is 9.90 Å². The molecule has 1 aliphatic heterocycles. The third kappa shape index (κ3) is 5.88. The molecular weight excluding hydrogens is 376 g/mol. The van der Waals surface area contributed by atoms with E-state index in [-0.39, 0.29) is 11.9 Å². The Morgan fingerprint density at radius 3 is 2.27 bits per heavy atom. The minimum atomic E-state index is -0.398. The molecule has 1 fully saturated rings. The molecule has 1 amide bonds. The summed E-state index contributed by atoms with van der Waals surface area (Å²) in [7, 11) is 0. The number of nitrogens with zero attached hydrogens (tertiary/aromatic N) is 2. The highest BCUT2D eigenvalue weighted by atomic mass is 16.3.